The van der Waals surface area contributed by atoms with E-state index in [4.69, 9.17) is 9.47 Å². The average molecular weight is 179 g/mol. The standard InChI is InChI=1S/2C3H7NO.S/c2*1-2-5-3-4-1;/h2*4H,1-3H2;/q;;-2/p+1. The second-order valence-electron chi connectivity index (χ2n) is 2.11. The second kappa shape index (κ2) is 8.29. The molecule has 0 radical (unpaired) electrons. The lowest BCUT2D eigenvalue weighted by molar-refractivity contribution is 0.194. The summed E-state index contributed by atoms with van der Waals surface area (Å²) in [7, 11) is 0. The van der Waals surface area contributed by atoms with Crippen molar-refractivity contribution in [2.45, 2.75) is 0 Å². The maximum absolute atomic E-state index is 4.83. The first kappa shape index (κ1) is 11.2. The summed E-state index contributed by atoms with van der Waals surface area (Å²) in [5, 5.41) is 6.00. The lowest BCUT2D eigenvalue weighted by Crippen LogP contribution is -2.05. The van der Waals surface area contributed by atoms with Crippen molar-refractivity contribution in [1.82, 2.24) is 10.6 Å². The van der Waals surface area contributed by atoms with Crippen LogP contribution in [-0.4, -0.2) is 39.8 Å². The molecule has 5 heteroatoms. The Bertz CT molecular complexity index is 56.7. The van der Waals surface area contributed by atoms with E-state index in [-0.39, 0.29) is 14.9 Å². The molecule has 2 aliphatic heterocycles. The lowest BCUT2D eigenvalue weighted by atomic mass is 10.7. The summed E-state index contributed by atoms with van der Waals surface area (Å²) >= 11 is 0. The number of rotatable bonds is 0. The van der Waals surface area contributed by atoms with Gasteiger partial charge in [-0.05, 0) is 0 Å². The predicted molar refractivity (Wildman–Crippen MR) is 46.1 cm³/mol. The van der Waals surface area contributed by atoms with Crippen molar-refractivity contribution in [3.05, 3.63) is 0 Å². The Balaban J connectivity index is 0. The SMILES string of the molecule is C1COCN1.C1COCN1.[H+].[S-2]. The van der Waals surface area contributed by atoms with Gasteiger partial charge in [-0.3, -0.25) is 10.6 Å². The number of hydrogen-bond donors (Lipinski definition) is 2. The van der Waals surface area contributed by atoms with Crippen molar-refractivity contribution in [2.75, 3.05) is 39.8 Å². The van der Waals surface area contributed by atoms with Crippen LogP contribution in [-0.2, 0) is 23.0 Å². The van der Waals surface area contributed by atoms with Gasteiger partial charge in [0.25, 0.3) is 0 Å². The second-order valence-corrected chi connectivity index (χ2v) is 2.11. The van der Waals surface area contributed by atoms with Crippen molar-refractivity contribution in [3.63, 3.8) is 0 Å². The molecule has 0 amide bonds. The maximum Gasteiger partial charge on any atom is 1.00 e. The van der Waals surface area contributed by atoms with Gasteiger partial charge in [-0.1, -0.05) is 0 Å². The molecule has 0 aliphatic carbocycles. The first-order valence-corrected chi connectivity index (χ1v) is 3.57. The van der Waals surface area contributed by atoms with Crippen LogP contribution < -0.4 is 10.6 Å². The fourth-order valence-electron chi connectivity index (χ4n) is 0.722. The van der Waals surface area contributed by atoms with Gasteiger partial charge in [-0.2, -0.15) is 0 Å². The highest BCUT2D eigenvalue weighted by molar-refractivity contribution is 7.37. The van der Waals surface area contributed by atoms with E-state index >= 15 is 0 Å². The molecule has 0 saturated carbocycles. The fraction of sp³-hybridized carbons (Fsp3) is 1.00. The summed E-state index contributed by atoms with van der Waals surface area (Å²) in [6, 6.07) is 0. The Labute approximate surface area is 75.6 Å². The van der Waals surface area contributed by atoms with E-state index in [9.17, 15) is 0 Å². The molecule has 0 atom stereocenters. The van der Waals surface area contributed by atoms with Crippen molar-refractivity contribution in [3.8, 4) is 0 Å². The average Bonchev–Trinajstić information content (AvgIpc) is 2.67. The Morgan fingerprint density at radius 2 is 1.36 bits per heavy atom. The third kappa shape index (κ3) is 6.58. The first-order valence-electron chi connectivity index (χ1n) is 3.57. The van der Waals surface area contributed by atoms with Crippen molar-refractivity contribution < 1.29 is 10.9 Å². The fourth-order valence-corrected chi connectivity index (χ4v) is 0.722. The first-order chi connectivity index (χ1) is 5.00. The molecule has 2 N–H and O–H groups in total. The van der Waals surface area contributed by atoms with Crippen LogP contribution in [0.5, 0.6) is 0 Å². The number of hydrogen-bond acceptors (Lipinski definition) is 4. The normalized spacial score (nSPS) is 21.8. The topological polar surface area (TPSA) is 42.5 Å². The predicted octanol–water partition coefficient (Wildman–Crippen LogP) is -0.762. The zero-order chi connectivity index (χ0) is 7.07. The number of nitrogens with one attached hydrogen (secondary N) is 2. The van der Waals surface area contributed by atoms with Crippen LogP contribution >= 0.6 is 0 Å². The summed E-state index contributed by atoms with van der Waals surface area (Å²) in [6.45, 7) is 5.33. The van der Waals surface area contributed by atoms with Gasteiger partial charge in [-0.15, -0.1) is 0 Å². The minimum absolute atomic E-state index is 0. The largest absolute Gasteiger partial charge is 2.00 e. The molecule has 2 fully saturated rings. The molecule has 2 saturated heterocycles. The van der Waals surface area contributed by atoms with Gasteiger partial charge in [-0.25, -0.2) is 0 Å². The van der Waals surface area contributed by atoms with Crippen LogP contribution in [0.2, 0.25) is 0 Å². The van der Waals surface area contributed by atoms with Gasteiger partial charge in [0.15, 0.2) is 0 Å². The van der Waals surface area contributed by atoms with E-state index in [0.717, 1.165) is 39.8 Å². The van der Waals surface area contributed by atoms with E-state index in [0.29, 0.717) is 0 Å². The lowest BCUT2D eigenvalue weighted by Gasteiger charge is -2.00. The van der Waals surface area contributed by atoms with Gasteiger partial charge in [0.2, 0.25) is 0 Å². The third-order valence-corrected chi connectivity index (χ3v) is 1.25. The molecular weight excluding hydrogens is 164 g/mol. The Kier molecular flexibility index (Phi) is 8.43. The van der Waals surface area contributed by atoms with E-state index in [1.165, 1.54) is 0 Å². The molecule has 2 heterocycles. The van der Waals surface area contributed by atoms with Crippen LogP contribution in [0, 0.1) is 0 Å². The van der Waals surface area contributed by atoms with E-state index in [1.54, 1.807) is 0 Å². The van der Waals surface area contributed by atoms with Crippen molar-refractivity contribution >= 4 is 13.5 Å². The summed E-state index contributed by atoms with van der Waals surface area (Å²) < 4.78 is 9.67. The highest BCUT2D eigenvalue weighted by Crippen LogP contribution is 1.75. The molecule has 68 valence electrons. The van der Waals surface area contributed by atoms with E-state index in [1.807, 2.05) is 0 Å². The van der Waals surface area contributed by atoms with Gasteiger partial charge in [0, 0.05) is 13.1 Å². The van der Waals surface area contributed by atoms with Crippen LogP contribution in [0.25, 0.3) is 0 Å². The minimum Gasteiger partial charge on any atom is -2.00 e. The molecule has 0 aromatic rings. The molecule has 0 unspecified atom stereocenters. The summed E-state index contributed by atoms with van der Waals surface area (Å²) in [6.07, 6.45) is 0. The highest BCUT2D eigenvalue weighted by Gasteiger charge is 1.92. The summed E-state index contributed by atoms with van der Waals surface area (Å²) in [4.78, 5) is 0. The summed E-state index contributed by atoms with van der Waals surface area (Å²) in [5.74, 6) is 0. The van der Waals surface area contributed by atoms with Crippen LogP contribution in [0.4, 0.5) is 0 Å². The zero-order valence-corrected chi connectivity index (χ0v) is 7.28. The van der Waals surface area contributed by atoms with Gasteiger partial charge < -0.3 is 23.0 Å². The maximum atomic E-state index is 4.83. The van der Waals surface area contributed by atoms with Crippen molar-refractivity contribution in [2.24, 2.45) is 0 Å². The smallest absolute Gasteiger partial charge is 1.00 e. The Morgan fingerprint density at radius 1 is 0.909 bits per heavy atom. The highest BCUT2D eigenvalue weighted by atomic mass is 32.1. The quantitative estimate of drug-likeness (QED) is 0.513. The molecule has 4 nitrogen and oxygen atoms in total. The van der Waals surface area contributed by atoms with E-state index < -0.39 is 0 Å². The van der Waals surface area contributed by atoms with E-state index in [2.05, 4.69) is 10.6 Å². The van der Waals surface area contributed by atoms with Crippen molar-refractivity contribution in [1.29, 1.82) is 0 Å². The minimum atomic E-state index is 0. The molecule has 2 aliphatic rings. The monoisotopic (exact) mass is 179 g/mol. The van der Waals surface area contributed by atoms with Gasteiger partial charge >= 0.3 is 1.43 Å². The molecule has 0 aromatic heterocycles. The molecule has 0 spiro atoms. The Morgan fingerprint density at radius 3 is 1.45 bits per heavy atom. The van der Waals surface area contributed by atoms with Crippen LogP contribution in [0.15, 0.2) is 0 Å². The van der Waals surface area contributed by atoms with Gasteiger partial charge in [0.05, 0.1) is 26.7 Å². The van der Waals surface area contributed by atoms with Gasteiger partial charge in [0.1, 0.15) is 0 Å². The molecule has 0 bridgehead atoms. The summed E-state index contributed by atoms with van der Waals surface area (Å²) in [5.41, 5.74) is 0. The molecule has 11 heavy (non-hydrogen) atoms. The van der Waals surface area contributed by atoms with Crippen LogP contribution in [0.1, 0.15) is 1.43 Å². The zero-order valence-electron chi connectivity index (χ0n) is 7.47. The Hall–Kier alpha value is 0.190. The molecule has 0 aromatic carbocycles. The van der Waals surface area contributed by atoms with Crippen LogP contribution in [0.3, 0.4) is 0 Å². The number of ether oxygens (including phenoxy) is 2. The molecular formula is C6H15N2O2S-. The molecule has 2 rings (SSSR count). The third-order valence-electron chi connectivity index (χ3n) is 1.25.